The SMILES string of the molecule is N#CCC[n+]1cc[nH]c1-c1ccccc1.O=C([O-])c1ccccc1. The van der Waals surface area contributed by atoms with Crippen molar-refractivity contribution in [2.24, 2.45) is 0 Å². The van der Waals surface area contributed by atoms with Crippen LogP contribution in [0.5, 0.6) is 0 Å². The quantitative estimate of drug-likeness (QED) is 0.746. The molecule has 2 aromatic carbocycles. The van der Waals surface area contributed by atoms with E-state index in [1.807, 2.05) is 30.6 Å². The first-order chi connectivity index (χ1) is 11.7. The van der Waals surface area contributed by atoms with E-state index in [1.165, 1.54) is 12.1 Å². The lowest BCUT2D eigenvalue weighted by molar-refractivity contribution is -0.683. The van der Waals surface area contributed by atoms with Gasteiger partial charge in [0.1, 0.15) is 18.9 Å². The second kappa shape index (κ2) is 8.91. The molecule has 0 amide bonds. The number of rotatable bonds is 4. The first-order valence-electron chi connectivity index (χ1n) is 7.48. The number of aromatic nitrogens is 2. The van der Waals surface area contributed by atoms with Crippen LogP contribution >= 0.6 is 0 Å². The number of nitrogens with zero attached hydrogens (tertiary/aromatic N) is 2. The summed E-state index contributed by atoms with van der Waals surface area (Å²) < 4.78 is 2.05. The Morgan fingerprint density at radius 1 is 1.08 bits per heavy atom. The maximum Gasteiger partial charge on any atom is 0.286 e. The first-order valence-corrected chi connectivity index (χ1v) is 7.48. The van der Waals surface area contributed by atoms with Gasteiger partial charge in [0.2, 0.25) is 0 Å². The fourth-order valence-corrected chi connectivity index (χ4v) is 2.14. The van der Waals surface area contributed by atoms with Crippen LogP contribution in [0.2, 0.25) is 0 Å². The van der Waals surface area contributed by atoms with Crippen molar-refractivity contribution in [1.29, 1.82) is 5.26 Å². The number of H-pyrrole nitrogens is 1. The Balaban J connectivity index is 0.000000198. The fourth-order valence-electron chi connectivity index (χ4n) is 2.14. The van der Waals surface area contributed by atoms with Crippen LogP contribution in [0, 0.1) is 11.3 Å². The number of nitrogens with one attached hydrogen (secondary N) is 1. The largest absolute Gasteiger partial charge is 0.545 e. The molecule has 0 radical (unpaired) electrons. The van der Waals surface area contributed by atoms with Crippen LogP contribution in [0.4, 0.5) is 0 Å². The van der Waals surface area contributed by atoms with Gasteiger partial charge in [0.25, 0.3) is 5.82 Å². The molecule has 120 valence electrons. The molecule has 1 aromatic heterocycles. The van der Waals surface area contributed by atoms with Gasteiger partial charge in [-0.1, -0.05) is 48.5 Å². The van der Waals surface area contributed by atoms with Gasteiger partial charge in [0, 0.05) is 0 Å². The molecule has 0 fully saturated rings. The molecule has 0 atom stereocenters. The molecule has 1 N–H and O–H groups in total. The third-order valence-electron chi connectivity index (χ3n) is 3.28. The van der Waals surface area contributed by atoms with Crippen LogP contribution in [0.3, 0.4) is 0 Å². The highest BCUT2D eigenvalue weighted by Crippen LogP contribution is 2.11. The van der Waals surface area contributed by atoms with Crippen molar-refractivity contribution in [2.75, 3.05) is 0 Å². The molecule has 5 nitrogen and oxygen atoms in total. The lowest BCUT2D eigenvalue weighted by Gasteiger charge is -1.97. The Kier molecular flexibility index (Phi) is 6.30. The van der Waals surface area contributed by atoms with Crippen LogP contribution in [-0.2, 0) is 6.54 Å². The molecule has 24 heavy (non-hydrogen) atoms. The van der Waals surface area contributed by atoms with Gasteiger partial charge < -0.3 is 9.90 Å². The minimum absolute atomic E-state index is 0.220. The molecule has 0 unspecified atom stereocenters. The van der Waals surface area contributed by atoms with Gasteiger partial charge in [-0.3, -0.25) is 0 Å². The summed E-state index contributed by atoms with van der Waals surface area (Å²) in [5.41, 5.74) is 1.36. The molecule has 0 bridgehead atoms. The predicted molar refractivity (Wildman–Crippen MR) is 87.4 cm³/mol. The number of carbonyl (C=O) groups is 1. The zero-order valence-electron chi connectivity index (χ0n) is 13.1. The fraction of sp³-hybridized carbons (Fsp3) is 0.105. The third kappa shape index (κ3) is 4.82. The molecule has 0 aliphatic rings. The normalized spacial score (nSPS) is 9.46. The number of aryl methyl sites for hydroxylation is 1. The summed E-state index contributed by atoms with van der Waals surface area (Å²) in [5.74, 6) is -0.0820. The topological polar surface area (TPSA) is 83.6 Å². The molecule has 0 saturated carbocycles. The molecule has 0 aliphatic carbocycles. The monoisotopic (exact) mass is 319 g/mol. The van der Waals surface area contributed by atoms with Gasteiger partial charge in [-0.15, -0.1) is 0 Å². The average Bonchev–Trinajstić information content (AvgIpc) is 3.10. The Morgan fingerprint density at radius 3 is 2.25 bits per heavy atom. The first kappa shape index (κ1) is 17.0. The molecular formula is C19H17N3O2. The molecular weight excluding hydrogens is 302 g/mol. The number of carboxylic acid groups (broad SMARTS) is 1. The van der Waals surface area contributed by atoms with Crippen molar-refractivity contribution >= 4 is 5.97 Å². The zero-order valence-corrected chi connectivity index (χ0v) is 13.1. The maximum absolute atomic E-state index is 10.1. The summed E-state index contributed by atoms with van der Waals surface area (Å²) in [7, 11) is 0. The zero-order chi connectivity index (χ0) is 17.2. The third-order valence-corrected chi connectivity index (χ3v) is 3.28. The predicted octanol–water partition coefficient (Wildman–Crippen LogP) is 1.93. The maximum atomic E-state index is 10.1. The van der Waals surface area contributed by atoms with Gasteiger partial charge in [0.05, 0.1) is 24.0 Å². The average molecular weight is 319 g/mol. The number of hydrogen-bond acceptors (Lipinski definition) is 3. The number of aromatic carboxylic acids is 1. The van der Waals surface area contributed by atoms with Crippen molar-refractivity contribution in [2.45, 2.75) is 13.0 Å². The van der Waals surface area contributed by atoms with Gasteiger partial charge >= 0.3 is 0 Å². The molecule has 0 aliphatic heterocycles. The van der Waals surface area contributed by atoms with E-state index < -0.39 is 5.97 Å². The van der Waals surface area contributed by atoms with E-state index in [4.69, 9.17) is 5.26 Å². The van der Waals surface area contributed by atoms with Crippen molar-refractivity contribution in [3.63, 3.8) is 0 Å². The van der Waals surface area contributed by atoms with E-state index in [9.17, 15) is 9.90 Å². The standard InChI is InChI=1S/C12H11N3.C7H6O2/c13-7-4-9-15-10-8-14-12(15)11-5-2-1-3-6-11;8-7(9)6-4-2-1-3-5-6/h1-3,5-6,8,10H,4,9H2;1-5H,(H,8,9). The summed E-state index contributed by atoms with van der Waals surface area (Å²) >= 11 is 0. The highest BCUT2D eigenvalue weighted by Gasteiger charge is 2.11. The van der Waals surface area contributed by atoms with Gasteiger partial charge in [-0.2, -0.15) is 5.26 Å². The number of carbonyl (C=O) groups excluding carboxylic acids is 1. The van der Waals surface area contributed by atoms with Crippen LogP contribution in [0.1, 0.15) is 16.8 Å². The Morgan fingerprint density at radius 2 is 1.71 bits per heavy atom. The summed E-state index contributed by atoms with van der Waals surface area (Å²) in [4.78, 5) is 13.3. The number of aromatic amines is 1. The minimum atomic E-state index is -1.13. The van der Waals surface area contributed by atoms with Gasteiger partial charge in [-0.25, -0.2) is 9.55 Å². The number of nitriles is 1. The summed E-state index contributed by atoms with van der Waals surface area (Å²) in [6.45, 7) is 0.726. The number of imidazole rings is 1. The van der Waals surface area contributed by atoms with E-state index in [1.54, 1.807) is 18.2 Å². The van der Waals surface area contributed by atoms with Crippen LogP contribution < -0.4 is 9.67 Å². The van der Waals surface area contributed by atoms with Crippen LogP contribution in [0.25, 0.3) is 11.4 Å². The van der Waals surface area contributed by atoms with Crippen molar-refractivity contribution < 1.29 is 14.5 Å². The summed E-state index contributed by atoms with van der Waals surface area (Å²) in [6.07, 6.45) is 4.38. The molecule has 1 heterocycles. The Bertz CT molecular complexity index is 805. The lowest BCUT2D eigenvalue weighted by atomic mass is 10.2. The second-order valence-electron chi connectivity index (χ2n) is 4.93. The molecule has 5 heteroatoms. The van der Waals surface area contributed by atoms with Gasteiger partial charge in [-0.05, 0) is 17.7 Å². The van der Waals surface area contributed by atoms with Crippen LogP contribution in [-0.4, -0.2) is 11.0 Å². The van der Waals surface area contributed by atoms with E-state index in [-0.39, 0.29) is 5.56 Å². The molecule has 0 spiro atoms. The van der Waals surface area contributed by atoms with Crippen molar-refractivity contribution in [1.82, 2.24) is 4.98 Å². The smallest absolute Gasteiger partial charge is 0.286 e. The Hall–Kier alpha value is -3.39. The van der Waals surface area contributed by atoms with Gasteiger partial charge in [0.15, 0.2) is 0 Å². The lowest BCUT2D eigenvalue weighted by Crippen LogP contribution is -2.33. The molecule has 3 rings (SSSR count). The number of benzene rings is 2. The number of carboxylic acids is 1. The van der Waals surface area contributed by atoms with Crippen molar-refractivity contribution in [3.8, 4) is 17.5 Å². The van der Waals surface area contributed by atoms with Crippen molar-refractivity contribution in [3.05, 3.63) is 78.6 Å². The van der Waals surface area contributed by atoms with E-state index >= 15 is 0 Å². The molecule has 3 aromatic rings. The summed E-state index contributed by atoms with van der Waals surface area (Å²) in [6, 6.07) is 20.3. The second-order valence-corrected chi connectivity index (χ2v) is 4.93. The van der Waals surface area contributed by atoms with E-state index in [2.05, 4.69) is 27.8 Å². The highest BCUT2D eigenvalue weighted by molar-refractivity contribution is 5.85. The Labute approximate surface area is 140 Å². The highest BCUT2D eigenvalue weighted by atomic mass is 16.4. The van der Waals surface area contributed by atoms with E-state index in [0.717, 1.165) is 17.9 Å². The molecule has 0 saturated heterocycles. The number of hydrogen-bond donors (Lipinski definition) is 1. The van der Waals surface area contributed by atoms with E-state index in [0.29, 0.717) is 6.42 Å². The van der Waals surface area contributed by atoms with Crippen LogP contribution in [0.15, 0.2) is 73.1 Å². The summed E-state index contributed by atoms with van der Waals surface area (Å²) in [5, 5.41) is 18.6. The minimum Gasteiger partial charge on any atom is -0.545 e.